The zero-order valence-corrected chi connectivity index (χ0v) is 24.9. The lowest BCUT2D eigenvalue weighted by atomic mass is 9.71. The predicted molar refractivity (Wildman–Crippen MR) is 155 cm³/mol. The summed E-state index contributed by atoms with van der Waals surface area (Å²) in [7, 11) is -4.24. The van der Waals surface area contributed by atoms with Gasteiger partial charge in [-0.1, -0.05) is 38.4 Å². The molecule has 1 atom stereocenters. The van der Waals surface area contributed by atoms with Gasteiger partial charge in [0.15, 0.2) is 10.6 Å². The molecule has 0 unspecified atom stereocenters. The Morgan fingerprint density at radius 1 is 1.12 bits per heavy atom. The highest BCUT2D eigenvalue weighted by molar-refractivity contribution is 7.90. The second-order valence-corrected chi connectivity index (χ2v) is 14.5. The van der Waals surface area contributed by atoms with Crippen LogP contribution in [0.1, 0.15) is 65.7 Å². The highest BCUT2D eigenvalue weighted by Gasteiger charge is 2.54. The van der Waals surface area contributed by atoms with Gasteiger partial charge in [0.25, 0.3) is 15.9 Å². The SMILES string of the molecule is CC(C)(C)[C@H]1CC[C@@H](Nc2ccc(Cl)cc2OC2(C(=O)NS(=O)(=O)c3cccc(N4CC[C@H](O)C4)n3)CC2)CC1. The number of hydrogen-bond donors (Lipinski definition) is 3. The van der Waals surface area contributed by atoms with Crippen molar-refractivity contribution < 1.29 is 23.1 Å². The Balaban J connectivity index is 1.27. The summed E-state index contributed by atoms with van der Waals surface area (Å²) in [5.41, 5.74) is -0.263. The number of nitrogens with zero attached hydrogens (tertiary/aromatic N) is 2. The maximum atomic E-state index is 13.3. The fraction of sp³-hybridized carbons (Fsp3) is 0.586. The number of carbonyl (C=O) groups is 1. The number of pyridine rings is 1. The van der Waals surface area contributed by atoms with Gasteiger partial charge in [0.2, 0.25) is 0 Å². The number of ether oxygens (including phenoxy) is 1. The molecule has 1 amide bonds. The molecule has 2 aliphatic carbocycles. The molecular formula is C29H39ClN4O5S. The molecule has 218 valence electrons. The van der Waals surface area contributed by atoms with Crippen LogP contribution in [-0.4, -0.2) is 55.3 Å². The zero-order chi connectivity index (χ0) is 28.7. The van der Waals surface area contributed by atoms with Crippen LogP contribution in [0.5, 0.6) is 5.75 Å². The van der Waals surface area contributed by atoms with Crippen LogP contribution in [0.2, 0.25) is 5.02 Å². The summed E-state index contributed by atoms with van der Waals surface area (Å²) in [6.45, 7) is 7.84. The molecule has 1 aromatic heterocycles. The Morgan fingerprint density at radius 3 is 2.48 bits per heavy atom. The monoisotopic (exact) mass is 590 g/mol. The first-order valence-corrected chi connectivity index (χ1v) is 15.9. The van der Waals surface area contributed by atoms with E-state index in [1.165, 1.54) is 6.07 Å². The molecule has 3 aliphatic rings. The number of carbonyl (C=O) groups excluding carboxylic acids is 1. The van der Waals surface area contributed by atoms with Crippen LogP contribution in [0.25, 0.3) is 0 Å². The largest absolute Gasteiger partial charge is 0.475 e. The second kappa shape index (κ2) is 11.0. The van der Waals surface area contributed by atoms with Gasteiger partial charge in [-0.05, 0) is 67.7 Å². The van der Waals surface area contributed by atoms with Crippen molar-refractivity contribution in [3.8, 4) is 5.75 Å². The number of sulfonamides is 1. The van der Waals surface area contributed by atoms with Crippen molar-refractivity contribution in [2.75, 3.05) is 23.3 Å². The molecule has 3 N–H and O–H groups in total. The van der Waals surface area contributed by atoms with Crippen LogP contribution in [0, 0.1) is 11.3 Å². The van der Waals surface area contributed by atoms with E-state index in [0.717, 1.165) is 31.4 Å². The molecule has 3 fully saturated rings. The topological polar surface area (TPSA) is 121 Å². The Hall–Kier alpha value is -2.56. The third kappa shape index (κ3) is 6.50. The third-order valence-electron chi connectivity index (χ3n) is 8.38. The standard InChI is InChI=1S/C29H39ClN4O5S/c1-28(2,3)19-7-10-21(11-8-19)31-23-12-9-20(30)17-24(23)39-29(14-15-29)27(36)33-40(37,38)26-6-4-5-25(32-26)34-16-13-22(35)18-34/h4-6,9,12,17,19,21-22,31,35H,7-8,10-11,13-16,18H2,1-3H3,(H,33,36)/t19-,21+,22-/m0/s1. The van der Waals surface area contributed by atoms with Crippen molar-refractivity contribution in [3.05, 3.63) is 41.4 Å². The maximum Gasteiger partial charge on any atom is 0.281 e. The van der Waals surface area contributed by atoms with E-state index in [2.05, 4.69) is 35.8 Å². The van der Waals surface area contributed by atoms with Crippen LogP contribution < -0.4 is 19.7 Å². The minimum atomic E-state index is -4.24. The molecule has 2 heterocycles. The summed E-state index contributed by atoms with van der Waals surface area (Å²) < 4.78 is 34.7. The number of hydrogen-bond acceptors (Lipinski definition) is 8. The first kappa shape index (κ1) is 29.0. The Bertz CT molecular complexity index is 1350. The van der Waals surface area contributed by atoms with Gasteiger partial charge >= 0.3 is 0 Å². The predicted octanol–water partition coefficient (Wildman–Crippen LogP) is 4.74. The molecule has 5 rings (SSSR count). The second-order valence-electron chi connectivity index (χ2n) is 12.5. The summed E-state index contributed by atoms with van der Waals surface area (Å²) >= 11 is 6.29. The van der Waals surface area contributed by atoms with Crippen molar-refractivity contribution in [2.24, 2.45) is 11.3 Å². The van der Waals surface area contributed by atoms with Gasteiger partial charge in [-0.2, -0.15) is 8.42 Å². The molecule has 1 saturated heterocycles. The molecule has 11 heteroatoms. The number of β-amino-alcohol motifs (C(OH)–C–C–N with tert-alkyl or cyclic N) is 1. The number of aliphatic hydroxyl groups is 1. The highest BCUT2D eigenvalue weighted by atomic mass is 35.5. The van der Waals surface area contributed by atoms with E-state index in [9.17, 15) is 18.3 Å². The van der Waals surface area contributed by atoms with E-state index in [4.69, 9.17) is 16.3 Å². The molecule has 2 saturated carbocycles. The number of halogens is 1. The fourth-order valence-electron chi connectivity index (χ4n) is 5.67. The van der Waals surface area contributed by atoms with E-state index < -0.39 is 27.6 Å². The van der Waals surface area contributed by atoms with Crippen LogP contribution in [0.15, 0.2) is 41.4 Å². The smallest absolute Gasteiger partial charge is 0.281 e. The first-order chi connectivity index (χ1) is 18.8. The molecule has 1 aliphatic heterocycles. The van der Waals surface area contributed by atoms with E-state index in [0.29, 0.717) is 60.3 Å². The molecule has 0 bridgehead atoms. The van der Waals surface area contributed by atoms with Crippen molar-refractivity contribution in [3.63, 3.8) is 0 Å². The number of aromatic nitrogens is 1. The van der Waals surface area contributed by atoms with Crippen LogP contribution in [0.3, 0.4) is 0 Å². The molecule has 2 aromatic rings. The quantitative estimate of drug-likeness (QED) is 0.403. The maximum absolute atomic E-state index is 13.3. The number of aliphatic hydroxyl groups excluding tert-OH is 1. The number of rotatable bonds is 8. The van der Waals surface area contributed by atoms with Gasteiger partial charge < -0.3 is 20.1 Å². The van der Waals surface area contributed by atoms with Crippen molar-refractivity contribution in [1.82, 2.24) is 9.71 Å². The lowest BCUT2D eigenvalue weighted by Gasteiger charge is -2.37. The van der Waals surface area contributed by atoms with Crippen LogP contribution in [-0.2, 0) is 14.8 Å². The summed E-state index contributed by atoms with van der Waals surface area (Å²) in [6, 6.07) is 10.2. The van der Waals surface area contributed by atoms with Gasteiger partial charge in [0, 0.05) is 43.1 Å². The molecular weight excluding hydrogens is 552 g/mol. The highest BCUT2D eigenvalue weighted by Crippen LogP contribution is 2.45. The molecule has 0 radical (unpaired) electrons. The van der Waals surface area contributed by atoms with Crippen molar-refractivity contribution >= 4 is 39.0 Å². The Labute approximate surface area is 241 Å². The summed E-state index contributed by atoms with van der Waals surface area (Å²) in [4.78, 5) is 19.4. The van der Waals surface area contributed by atoms with Gasteiger partial charge in [0.1, 0.15) is 11.6 Å². The number of benzene rings is 1. The van der Waals surface area contributed by atoms with Crippen molar-refractivity contribution in [1.29, 1.82) is 0 Å². The van der Waals surface area contributed by atoms with Crippen LogP contribution in [0.4, 0.5) is 11.5 Å². The normalized spacial score (nSPS) is 24.4. The number of nitrogens with one attached hydrogen (secondary N) is 2. The van der Waals surface area contributed by atoms with Crippen molar-refractivity contribution in [2.45, 2.75) is 88.5 Å². The summed E-state index contributed by atoms with van der Waals surface area (Å²) in [5.74, 6) is 0.829. The minimum Gasteiger partial charge on any atom is -0.475 e. The van der Waals surface area contributed by atoms with E-state index >= 15 is 0 Å². The van der Waals surface area contributed by atoms with Gasteiger partial charge in [-0.3, -0.25) is 4.79 Å². The zero-order valence-electron chi connectivity index (χ0n) is 23.3. The summed E-state index contributed by atoms with van der Waals surface area (Å²) in [5, 5.41) is 13.6. The van der Waals surface area contributed by atoms with E-state index in [1.807, 2.05) is 11.0 Å². The van der Waals surface area contributed by atoms with Crippen LogP contribution >= 0.6 is 11.6 Å². The first-order valence-electron chi connectivity index (χ1n) is 14.1. The minimum absolute atomic E-state index is 0.258. The van der Waals surface area contributed by atoms with Gasteiger partial charge in [0.05, 0.1) is 11.8 Å². The Morgan fingerprint density at radius 2 is 1.85 bits per heavy atom. The molecule has 0 spiro atoms. The molecule has 1 aromatic carbocycles. The van der Waals surface area contributed by atoms with E-state index in [1.54, 1.807) is 24.3 Å². The molecule has 40 heavy (non-hydrogen) atoms. The third-order valence-corrected chi connectivity index (χ3v) is 9.84. The number of anilines is 2. The summed E-state index contributed by atoms with van der Waals surface area (Å²) in [6.07, 6.45) is 5.25. The lowest BCUT2D eigenvalue weighted by Crippen LogP contribution is -2.43. The number of amides is 1. The fourth-order valence-corrected chi connectivity index (χ4v) is 6.84. The van der Waals surface area contributed by atoms with E-state index in [-0.39, 0.29) is 11.1 Å². The Kier molecular flexibility index (Phi) is 7.98. The molecule has 9 nitrogen and oxygen atoms in total. The average Bonchev–Trinajstić information content (AvgIpc) is 3.56. The average molecular weight is 591 g/mol. The van der Waals surface area contributed by atoms with Gasteiger partial charge in [-0.15, -0.1) is 0 Å². The lowest BCUT2D eigenvalue weighted by molar-refractivity contribution is -0.127. The van der Waals surface area contributed by atoms with Gasteiger partial charge in [-0.25, -0.2) is 9.71 Å².